The predicted octanol–water partition coefficient (Wildman–Crippen LogP) is 4.00. The summed E-state index contributed by atoms with van der Waals surface area (Å²) in [5.41, 5.74) is 7.82. The zero-order valence-corrected chi connectivity index (χ0v) is 17.6. The summed E-state index contributed by atoms with van der Waals surface area (Å²) in [5, 5.41) is 3.14. The summed E-state index contributed by atoms with van der Waals surface area (Å²) in [6.07, 6.45) is 5.17. The van der Waals surface area contributed by atoms with E-state index >= 15 is 0 Å². The Morgan fingerprint density at radius 3 is 2.43 bits per heavy atom. The third-order valence-corrected chi connectivity index (χ3v) is 5.65. The smallest absolute Gasteiger partial charge is 0.248 e. The molecule has 0 aliphatic heterocycles. The molecular weight excluding hydrogens is 381 g/mol. The SMILES string of the molecule is Cc1ccccc1C(C(=O)NC1CCCCC1)N(C(=O)[C@@H](C)N)c1cccc(F)c1. The lowest BCUT2D eigenvalue weighted by atomic mass is 9.93. The molecule has 1 fully saturated rings. The minimum atomic E-state index is -0.937. The van der Waals surface area contributed by atoms with Gasteiger partial charge in [-0.25, -0.2) is 4.39 Å². The molecule has 3 N–H and O–H groups in total. The van der Waals surface area contributed by atoms with Crippen molar-refractivity contribution >= 4 is 17.5 Å². The molecule has 5 nitrogen and oxygen atoms in total. The summed E-state index contributed by atoms with van der Waals surface area (Å²) in [7, 11) is 0. The van der Waals surface area contributed by atoms with Gasteiger partial charge in [-0.05, 0) is 56.0 Å². The molecule has 0 saturated heterocycles. The fraction of sp³-hybridized carbons (Fsp3) is 0.417. The first-order chi connectivity index (χ1) is 14.4. The van der Waals surface area contributed by atoms with Crippen LogP contribution in [0, 0.1) is 12.7 Å². The summed E-state index contributed by atoms with van der Waals surface area (Å²) in [6.45, 7) is 3.47. The van der Waals surface area contributed by atoms with Crippen molar-refractivity contribution in [2.45, 2.75) is 64.1 Å². The van der Waals surface area contributed by atoms with E-state index in [1.165, 1.54) is 29.5 Å². The summed E-state index contributed by atoms with van der Waals surface area (Å²) in [6, 6.07) is 11.5. The van der Waals surface area contributed by atoms with Gasteiger partial charge in [-0.3, -0.25) is 14.5 Å². The number of aryl methyl sites for hydroxylation is 1. The quantitative estimate of drug-likeness (QED) is 0.754. The van der Waals surface area contributed by atoms with Gasteiger partial charge in [0.05, 0.1) is 6.04 Å². The monoisotopic (exact) mass is 411 g/mol. The zero-order chi connectivity index (χ0) is 21.7. The first-order valence-electron chi connectivity index (χ1n) is 10.6. The van der Waals surface area contributed by atoms with Gasteiger partial charge in [0.1, 0.15) is 11.9 Å². The Morgan fingerprint density at radius 2 is 1.80 bits per heavy atom. The van der Waals surface area contributed by atoms with Crippen LogP contribution in [-0.2, 0) is 9.59 Å². The maximum Gasteiger partial charge on any atom is 0.248 e. The maximum absolute atomic E-state index is 14.0. The molecule has 2 amide bonds. The van der Waals surface area contributed by atoms with Crippen LogP contribution in [0.15, 0.2) is 48.5 Å². The topological polar surface area (TPSA) is 75.4 Å². The lowest BCUT2D eigenvalue weighted by Crippen LogP contribution is -2.51. The summed E-state index contributed by atoms with van der Waals surface area (Å²) in [5.74, 6) is -1.19. The number of carbonyl (C=O) groups is 2. The van der Waals surface area contributed by atoms with E-state index in [9.17, 15) is 14.0 Å². The van der Waals surface area contributed by atoms with Gasteiger partial charge in [-0.2, -0.15) is 0 Å². The second-order valence-electron chi connectivity index (χ2n) is 8.08. The van der Waals surface area contributed by atoms with Crippen LogP contribution in [-0.4, -0.2) is 23.9 Å². The Labute approximate surface area is 177 Å². The highest BCUT2D eigenvalue weighted by Crippen LogP contribution is 2.31. The third kappa shape index (κ3) is 5.05. The molecule has 30 heavy (non-hydrogen) atoms. The zero-order valence-electron chi connectivity index (χ0n) is 17.6. The number of nitrogens with two attached hydrogens (primary N) is 1. The van der Waals surface area contributed by atoms with Crippen LogP contribution in [0.25, 0.3) is 0 Å². The van der Waals surface area contributed by atoms with Gasteiger partial charge in [0.15, 0.2) is 0 Å². The predicted molar refractivity (Wildman–Crippen MR) is 116 cm³/mol. The molecule has 1 saturated carbocycles. The lowest BCUT2D eigenvalue weighted by Gasteiger charge is -2.35. The number of carbonyl (C=O) groups excluding carboxylic acids is 2. The highest BCUT2D eigenvalue weighted by Gasteiger charge is 2.36. The van der Waals surface area contributed by atoms with E-state index in [1.54, 1.807) is 13.0 Å². The van der Waals surface area contributed by atoms with Crippen LogP contribution in [0.2, 0.25) is 0 Å². The summed E-state index contributed by atoms with van der Waals surface area (Å²) >= 11 is 0. The van der Waals surface area contributed by atoms with Crippen molar-refractivity contribution < 1.29 is 14.0 Å². The van der Waals surface area contributed by atoms with Crippen LogP contribution >= 0.6 is 0 Å². The van der Waals surface area contributed by atoms with E-state index in [0.29, 0.717) is 11.3 Å². The molecular formula is C24H30FN3O2. The highest BCUT2D eigenvalue weighted by atomic mass is 19.1. The van der Waals surface area contributed by atoms with Gasteiger partial charge in [-0.15, -0.1) is 0 Å². The molecule has 0 aromatic heterocycles. The van der Waals surface area contributed by atoms with Gasteiger partial charge in [0.2, 0.25) is 11.8 Å². The number of amides is 2. The third-order valence-electron chi connectivity index (χ3n) is 5.65. The van der Waals surface area contributed by atoms with Crippen LogP contribution in [0.3, 0.4) is 0 Å². The van der Waals surface area contributed by atoms with Gasteiger partial charge >= 0.3 is 0 Å². The molecule has 1 aliphatic rings. The first kappa shape index (κ1) is 22.0. The van der Waals surface area contributed by atoms with Crippen LogP contribution in [0.5, 0.6) is 0 Å². The lowest BCUT2D eigenvalue weighted by molar-refractivity contribution is -0.127. The molecule has 2 aromatic rings. The Balaban J connectivity index is 2.07. The van der Waals surface area contributed by atoms with Crippen LogP contribution < -0.4 is 16.0 Å². The maximum atomic E-state index is 14.0. The van der Waals surface area contributed by atoms with E-state index in [1.807, 2.05) is 31.2 Å². The van der Waals surface area contributed by atoms with Crippen molar-refractivity contribution in [3.8, 4) is 0 Å². The number of halogens is 1. The number of hydrogen-bond acceptors (Lipinski definition) is 3. The van der Waals surface area contributed by atoms with E-state index in [-0.39, 0.29) is 11.9 Å². The number of hydrogen-bond donors (Lipinski definition) is 2. The molecule has 2 aromatic carbocycles. The molecule has 3 rings (SSSR count). The molecule has 160 valence electrons. The molecule has 1 unspecified atom stereocenters. The highest BCUT2D eigenvalue weighted by molar-refractivity contribution is 6.03. The van der Waals surface area contributed by atoms with Gasteiger partial charge in [0.25, 0.3) is 0 Å². The summed E-state index contributed by atoms with van der Waals surface area (Å²) in [4.78, 5) is 28.1. The second kappa shape index (κ2) is 9.85. The molecule has 0 spiro atoms. The normalized spacial score (nSPS) is 16.5. The van der Waals surface area contributed by atoms with E-state index in [2.05, 4.69) is 5.32 Å². The van der Waals surface area contributed by atoms with Gasteiger partial charge < -0.3 is 11.1 Å². The summed E-state index contributed by atoms with van der Waals surface area (Å²) < 4.78 is 14.0. The van der Waals surface area contributed by atoms with E-state index < -0.39 is 23.8 Å². The van der Waals surface area contributed by atoms with Crippen molar-refractivity contribution in [3.63, 3.8) is 0 Å². The van der Waals surface area contributed by atoms with Crippen molar-refractivity contribution in [1.29, 1.82) is 0 Å². The largest absolute Gasteiger partial charge is 0.351 e. The van der Waals surface area contributed by atoms with Crippen LogP contribution in [0.1, 0.15) is 56.2 Å². The number of nitrogens with zero attached hydrogens (tertiary/aromatic N) is 1. The van der Waals surface area contributed by atoms with E-state index in [0.717, 1.165) is 31.2 Å². The number of rotatable bonds is 6. The van der Waals surface area contributed by atoms with Crippen molar-refractivity contribution in [2.75, 3.05) is 4.90 Å². The molecule has 2 atom stereocenters. The average Bonchev–Trinajstić information content (AvgIpc) is 2.73. The second-order valence-corrected chi connectivity index (χ2v) is 8.08. The van der Waals surface area contributed by atoms with Crippen LogP contribution in [0.4, 0.5) is 10.1 Å². The molecule has 0 radical (unpaired) electrons. The van der Waals surface area contributed by atoms with Crippen molar-refractivity contribution in [3.05, 3.63) is 65.5 Å². The number of anilines is 1. The standard InChI is InChI=1S/C24H30FN3O2/c1-16-9-6-7-14-21(16)22(23(29)27-19-11-4-3-5-12-19)28(24(30)17(2)26)20-13-8-10-18(25)15-20/h6-10,13-15,17,19,22H,3-5,11-12,26H2,1-2H3,(H,27,29)/t17-,22?/m1/s1. The Hall–Kier alpha value is -2.73. The molecule has 0 heterocycles. The minimum absolute atomic E-state index is 0.0810. The van der Waals surface area contributed by atoms with E-state index in [4.69, 9.17) is 5.73 Å². The Bertz CT molecular complexity index is 894. The fourth-order valence-corrected chi connectivity index (χ4v) is 4.07. The Morgan fingerprint density at radius 1 is 1.10 bits per heavy atom. The first-order valence-corrected chi connectivity index (χ1v) is 10.6. The molecule has 1 aliphatic carbocycles. The van der Waals surface area contributed by atoms with Gasteiger partial charge in [-0.1, -0.05) is 49.6 Å². The minimum Gasteiger partial charge on any atom is -0.351 e. The molecule has 0 bridgehead atoms. The van der Waals surface area contributed by atoms with Gasteiger partial charge in [0, 0.05) is 11.7 Å². The number of benzene rings is 2. The average molecular weight is 412 g/mol. The van der Waals surface area contributed by atoms with Crippen molar-refractivity contribution in [2.24, 2.45) is 5.73 Å². The number of nitrogens with one attached hydrogen (secondary N) is 1. The van der Waals surface area contributed by atoms with Crippen molar-refractivity contribution in [1.82, 2.24) is 5.32 Å². The Kier molecular flexibility index (Phi) is 7.21. The molecule has 6 heteroatoms. The fourth-order valence-electron chi connectivity index (χ4n) is 4.07.